The summed E-state index contributed by atoms with van der Waals surface area (Å²) in [5, 5.41) is 8.25. The molecule has 3 aromatic rings. The topological polar surface area (TPSA) is 78.8 Å². The Morgan fingerprint density at radius 1 is 1.17 bits per heavy atom. The standard InChI is InChI=1S/C23H32N6O/c1-16-5-7-18(8-6-16)15-28-11-9-17(10-12-28)13-24-22-26-20-19(21(30)27-22)14-25-29(20)23(2,3)4/h5-8,14,17H,9-13,15H2,1-4H3,(H2,24,26,27,30). The molecule has 0 spiro atoms. The lowest BCUT2D eigenvalue weighted by Gasteiger charge is -2.32. The highest BCUT2D eigenvalue weighted by Gasteiger charge is 2.21. The number of H-pyrrole nitrogens is 1. The maximum absolute atomic E-state index is 12.4. The van der Waals surface area contributed by atoms with Crippen LogP contribution in [-0.2, 0) is 12.1 Å². The van der Waals surface area contributed by atoms with Gasteiger partial charge in [0, 0.05) is 13.1 Å². The van der Waals surface area contributed by atoms with Crippen molar-refractivity contribution in [3.05, 3.63) is 51.9 Å². The van der Waals surface area contributed by atoms with Crippen LogP contribution in [0, 0.1) is 12.8 Å². The highest BCUT2D eigenvalue weighted by Crippen LogP contribution is 2.21. The lowest BCUT2D eigenvalue weighted by atomic mass is 9.96. The van der Waals surface area contributed by atoms with Crippen LogP contribution < -0.4 is 10.9 Å². The second-order valence-corrected chi connectivity index (χ2v) is 9.47. The second-order valence-electron chi connectivity index (χ2n) is 9.47. The third kappa shape index (κ3) is 4.56. The third-order valence-corrected chi connectivity index (χ3v) is 5.87. The van der Waals surface area contributed by atoms with E-state index in [0.29, 0.717) is 22.9 Å². The summed E-state index contributed by atoms with van der Waals surface area (Å²) in [7, 11) is 0. The first-order chi connectivity index (χ1) is 14.3. The molecule has 0 saturated carbocycles. The number of piperidine rings is 1. The fourth-order valence-electron chi connectivity index (χ4n) is 4.03. The van der Waals surface area contributed by atoms with Gasteiger partial charge in [-0.2, -0.15) is 10.1 Å². The van der Waals surface area contributed by atoms with Gasteiger partial charge in [0.2, 0.25) is 5.95 Å². The number of anilines is 1. The van der Waals surface area contributed by atoms with E-state index in [0.717, 1.165) is 39.0 Å². The fourth-order valence-corrected chi connectivity index (χ4v) is 4.03. The van der Waals surface area contributed by atoms with Crippen molar-refractivity contribution in [3.63, 3.8) is 0 Å². The molecule has 30 heavy (non-hydrogen) atoms. The van der Waals surface area contributed by atoms with E-state index in [-0.39, 0.29) is 11.1 Å². The minimum absolute atomic E-state index is 0.147. The van der Waals surface area contributed by atoms with Gasteiger partial charge in [-0.25, -0.2) is 4.68 Å². The summed E-state index contributed by atoms with van der Waals surface area (Å²) in [6, 6.07) is 8.82. The smallest absolute Gasteiger partial charge is 0.263 e. The maximum Gasteiger partial charge on any atom is 0.263 e. The monoisotopic (exact) mass is 408 g/mol. The largest absolute Gasteiger partial charge is 0.355 e. The molecule has 1 aromatic carbocycles. The Balaban J connectivity index is 1.35. The lowest BCUT2D eigenvalue weighted by molar-refractivity contribution is 0.182. The minimum Gasteiger partial charge on any atom is -0.355 e. The highest BCUT2D eigenvalue weighted by atomic mass is 16.1. The van der Waals surface area contributed by atoms with Gasteiger partial charge in [0.15, 0.2) is 5.65 Å². The summed E-state index contributed by atoms with van der Waals surface area (Å²) in [6.45, 7) is 12.3. The number of hydrogen-bond acceptors (Lipinski definition) is 5. The van der Waals surface area contributed by atoms with Gasteiger partial charge >= 0.3 is 0 Å². The van der Waals surface area contributed by atoms with Crippen LogP contribution in [-0.4, -0.2) is 44.3 Å². The molecular weight excluding hydrogens is 376 g/mol. The van der Waals surface area contributed by atoms with E-state index in [1.54, 1.807) is 6.20 Å². The van der Waals surface area contributed by atoms with Crippen molar-refractivity contribution in [2.75, 3.05) is 25.0 Å². The zero-order valence-electron chi connectivity index (χ0n) is 18.4. The first-order valence-electron chi connectivity index (χ1n) is 10.8. The molecule has 0 radical (unpaired) electrons. The van der Waals surface area contributed by atoms with Crippen LogP contribution in [0.2, 0.25) is 0 Å². The summed E-state index contributed by atoms with van der Waals surface area (Å²) < 4.78 is 1.81. The maximum atomic E-state index is 12.4. The Labute approximate surface area is 177 Å². The molecule has 4 rings (SSSR count). The SMILES string of the molecule is Cc1ccc(CN2CCC(CNc3nc4c(cnn4C(C)(C)C)c(=O)[nH]3)CC2)cc1. The van der Waals surface area contributed by atoms with Crippen LogP contribution >= 0.6 is 0 Å². The molecule has 1 saturated heterocycles. The average molecular weight is 409 g/mol. The molecule has 3 heterocycles. The van der Waals surface area contributed by atoms with Gasteiger partial charge < -0.3 is 5.32 Å². The summed E-state index contributed by atoms with van der Waals surface area (Å²) in [6.07, 6.45) is 3.89. The molecule has 0 bridgehead atoms. The van der Waals surface area contributed by atoms with Crippen LogP contribution in [0.5, 0.6) is 0 Å². The molecule has 160 valence electrons. The lowest BCUT2D eigenvalue weighted by Crippen LogP contribution is -2.35. The van der Waals surface area contributed by atoms with Crippen molar-refractivity contribution in [1.82, 2.24) is 24.6 Å². The second kappa shape index (κ2) is 8.22. The van der Waals surface area contributed by atoms with Crippen LogP contribution in [0.1, 0.15) is 44.7 Å². The number of nitrogens with zero attached hydrogens (tertiary/aromatic N) is 4. The molecule has 1 aliphatic heterocycles. The summed E-state index contributed by atoms with van der Waals surface area (Å²) >= 11 is 0. The summed E-state index contributed by atoms with van der Waals surface area (Å²) in [5.41, 5.74) is 2.93. The van der Waals surface area contributed by atoms with Crippen LogP contribution in [0.4, 0.5) is 5.95 Å². The van der Waals surface area contributed by atoms with Gasteiger partial charge in [0.1, 0.15) is 5.39 Å². The van der Waals surface area contributed by atoms with E-state index in [4.69, 9.17) is 0 Å². The molecule has 1 fully saturated rings. The molecule has 0 aliphatic carbocycles. The Bertz CT molecular complexity index is 1050. The fraction of sp³-hybridized carbons (Fsp3) is 0.522. The number of rotatable bonds is 5. The van der Waals surface area contributed by atoms with Crippen molar-refractivity contribution >= 4 is 17.0 Å². The zero-order valence-corrected chi connectivity index (χ0v) is 18.4. The molecule has 2 N–H and O–H groups in total. The number of aromatic nitrogens is 4. The number of likely N-dealkylation sites (tertiary alicyclic amines) is 1. The van der Waals surface area contributed by atoms with E-state index >= 15 is 0 Å². The van der Waals surface area contributed by atoms with Gasteiger partial charge in [0.25, 0.3) is 5.56 Å². The van der Waals surface area contributed by atoms with Crippen LogP contribution in [0.3, 0.4) is 0 Å². The van der Waals surface area contributed by atoms with Gasteiger partial charge in [0.05, 0.1) is 11.7 Å². The highest BCUT2D eigenvalue weighted by molar-refractivity contribution is 5.74. The molecule has 0 amide bonds. The normalized spacial score (nSPS) is 16.3. The quantitative estimate of drug-likeness (QED) is 0.675. The molecule has 7 nitrogen and oxygen atoms in total. The predicted molar refractivity (Wildman–Crippen MR) is 121 cm³/mol. The van der Waals surface area contributed by atoms with E-state index in [9.17, 15) is 4.79 Å². The first-order valence-corrected chi connectivity index (χ1v) is 10.8. The zero-order chi connectivity index (χ0) is 21.3. The molecular formula is C23H32N6O. The third-order valence-electron chi connectivity index (χ3n) is 5.87. The van der Waals surface area contributed by atoms with Gasteiger partial charge in [-0.15, -0.1) is 0 Å². The van der Waals surface area contributed by atoms with Gasteiger partial charge in [-0.05, 0) is 65.1 Å². The summed E-state index contributed by atoms with van der Waals surface area (Å²) in [4.78, 5) is 22.5. The molecule has 1 aliphatic rings. The molecule has 0 atom stereocenters. The molecule has 0 unspecified atom stereocenters. The van der Waals surface area contributed by atoms with E-state index in [2.05, 4.69) is 77.2 Å². The Hall–Kier alpha value is -2.67. The molecule has 2 aromatic heterocycles. The number of aromatic amines is 1. The summed E-state index contributed by atoms with van der Waals surface area (Å²) in [5.74, 6) is 1.10. The number of aryl methyl sites for hydroxylation is 1. The Morgan fingerprint density at radius 2 is 1.87 bits per heavy atom. The van der Waals surface area contributed by atoms with Crippen molar-refractivity contribution in [1.29, 1.82) is 0 Å². The minimum atomic E-state index is -0.232. The van der Waals surface area contributed by atoms with Crippen LogP contribution in [0.15, 0.2) is 35.3 Å². The van der Waals surface area contributed by atoms with Crippen molar-refractivity contribution in [2.24, 2.45) is 5.92 Å². The first kappa shape index (κ1) is 20.6. The Kier molecular flexibility index (Phi) is 5.64. The van der Waals surface area contributed by atoms with E-state index in [1.807, 2.05) is 4.68 Å². The predicted octanol–water partition coefficient (Wildman–Crippen LogP) is 3.51. The van der Waals surface area contributed by atoms with E-state index in [1.165, 1.54) is 11.1 Å². The number of nitrogens with one attached hydrogen (secondary N) is 2. The van der Waals surface area contributed by atoms with Gasteiger partial charge in [-0.3, -0.25) is 14.7 Å². The van der Waals surface area contributed by atoms with Crippen LogP contribution in [0.25, 0.3) is 11.0 Å². The molecule has 7 heteroatoms. The van der Waals surface area contributed by atoms with Crippen molar-refractivity contribution in [3.8, 4) is 0 Å². The van der Waals surface area contributed by atoms with Gasteiger partial charge in [-0.1, -0.05) is 29.8 Å². The number of fused-ring (bicyclic) bond motifs is 1. The van der Waals surface area contributed by atoms with Crippen molar-refractivity contribution in [2.45, 2.75) is 52.6 Å². The number of benzene rings is 1. The van der Waals surface area contributed by atoms with Crippen molar-refractivity contribution < 1.29 is 0 Å². The Morgan fingerprint density at radius 3 is 2.53 bits per heavy atom. The number of hydrogen-bond donors (Lipinski definition) is 2. The van der Waals surface area contributed by atoms with E-state index < -0.39 is 0 Å². The average Bonchev–Trinajstić information content (AvgIpc) is 3.14.